The maximum absolute atomic E-state index is 15.7. The zero-order valence-corrected chi connectivity index (χ0v) is 88.8. The maximum Gasteiger partial charge on any atom is 0.265 e. The number of benzene rings is 6. The molecule has 0 fully saturated rings. The zero-order chi connectivity index (χ0) is 104. The van der Waals surface area contributed by atoms with E-state index in [1.807, 2.05) is 120 Å². The molecule has 2 aliphatic rings. The first kappa shape index (κ1) is 116. The van der Waals surface area contributed by atoms with Crippen LogP contribution in [0.4, 0.5) is 11.4 Å². The lowest BCUT2D eigenvalue weighted by molar-refractivity contribution is -0.437. The van der Waals surface area contributed by atoms with Crippen molar-refractivity contribution in [3.05, 3.63) is 175 Å². The molecular formula is C109H157N10O22S2+. The predicted octanol–water partition coefficient (Wildman–Crippen LogP) is 17.2. The van der Waals surface area contributed by atoms with E-state index in [1.165, 1.54) is 12.1 Å². The second kappa shape index (κ2) is 58.3. The minimum atomic E-state index is -4.58. The van der Waals surface area contributed by atoms with Gasteiger partial charge in [-0.25, -0.2) is 0 Å². The van der Waals surface area contributed by atoms with Gasteiger partial charge in [-0.05, 0) is 221 Å². The zero-order valence-electron chi connectivity index (χ0n) is 87.1. The third-order valence-electron chi connectivity index (χ3n) is 24.1. The molecule has 0 bridgehead atoms. The number of nitrogens with one attached hydrogen (secondary N) is 8. The van der Waals surface area contributed by atoms with Crippen LogP contribution in [0.25, 0.3) is 0 Å². The summed E-state index contributed by atoms with van der Waals surface area (Å²) in [4.78, 5) is 118. The second-order valence-corrected chi connectivity index (χ2v) is 40.2. The lowest BCUT2D eigenvalue weighted by Crippen LogP contribution is -2.32. The van der Waals surface area contributed by atoms with E-state index in [1.54, 1.807) is 78.9 Å². The Balaban J connectivity index is 1.27. The molecule has 0 saturated carbocycles. The lowest BCUT2D eigenvalue weighted by atomic mass is 9.78. The van der Waals surface area contributed by atoms with E-state index in [9.17, 15) is 45.1 Å². The minimum Gasteiger partial charge on any atom is -0.493 e. The summed E-state index contributed by atoms with van der Waals surface area (Å²) in [6, 6.07) is 20.1. The van der Waals surface area contributed by atoms with Gasteiger partial charge in [-0.15, -0.1) is 0 Å². The molecule has 0 saturated heterocycles. The van der Waals surface area contributed by atoms with E-state index in [0.717, 1.165) is 25.7 Å². The van der Waals surface area contributed by atoms with Gasteiger partial charge in [0.1, 0.15) is 52.5 Å². The molecule has 0 spiro atoms. The molecule has 2 heterocycles. The van der Waals surface area contributed by atoms with Crippen LogP contribution in [-0.4, -0.2) is 213 Å². The van der Waals surface area contributed by atoms with E-state index in [2.05, 4.69) is 42.5 Å². The molecule has 786 valence electrons. The van der Waals surface area contributed by atoms with Gasteiger partial charge in [0.25, 0.3) is 67.5 Å². The van der Waals surface area contributed by atoms with Crippen molar-refractivity contribution < 1.29 is 107 Å². The number of ether oxygens (including phenoxy) is 8. The van der Waals surface area contributed by atoms with E-state index in [-0.39, 0.29) is 98.0 Å². The molecule has 0 unspecified atom stereocenters. The summed E-state index contributed by atoms with van der Waals surface area (Å²) in [5, 5.41) is 24.3. The molecule has 8 rings (SSSR count). The van der Waals surface area contributed by atoms with E-state index < -0.39 is 66.2 Å². The number of nitrogens with zero attached hydrogens (tertiary/aromatic N) is 2. The van der Waals surface area contributed by atoms with Crippen LogP contribution in [0.3, 0.4) is 0 Å². The summed E-state index contributed by atoms with van der Waals surface area (Å²) in [5.74, 6) is -0.906. The number of rotatable bonds is 66. The fraction of sp³-hybridized carbons (Fsp3) is 0.550. The van der Waals surface area contributed by atoms with E-state index in [0.29, 0.717) is 306 Å². The Hall–Kier alpha value is -11.8. The molecule has 6 aromatic rings. The average molecular weight is 2020 g/mol. The Bertz CT molecular complexity index is 5560. The third-order valence-corrected chi connectivity index (χ3v) is 25.7. The van der Waals surface area contributed by atoms with Gasteiger partial charge in [-0.2, -0.15) is 21.4 Å². The Morgan fingerprint density at radius 1 is 0.329 bits per heavy atom. The summed E-state index contributed by atoms with van der Waals surface area (Å²) in [7, 11) is -9.16. The minimum absolute atomic E-state index is 0.0711. The van der Waals surface area contributed by atoms with Crippen molar-refractivity contribution >= 4 is 84.6 Å². The normalized spacial score (nSPS) is 13.3. The lowest BCUT2D eigenvalue weighted by Gasteiger charge is -2.27. The fourth-order valence-electron chi connectivity index (χ4n) is 17.3. The summed E-state index contributed by atoms with van der Waals surface area (Å²) in [6.45, 7) is 36.2. The molecule has 6 aromatic carbocycles. The molecule has 0 aromatic heterocycles. The highest BCUT2D eigenvalue weighted by Gasteiger charge is 2.49. The molecule has 32 nitrogen and oxygen atoms in total. The van der Waals surface area contributed by atoms with Crippen LogP contribution in [0, 0.1) is 0 Å². The summed E-state index contributed by atoms with van der Waals surface area (Å²) in [6.07, 6.45) is 16.2. The van der Waals surface area contributed by atoms with Crippen LogP contribution in [0.2, 0.25) is 0 Å². The number of fused-ring (bicyclic) bond motifs is 2. The van der Waals surface area contributed by atoms with Crippen LogP contribution in [-0.2, 0) is 56.7 Å². The van der Waals surface area contributed by atoms with Crippen LogP contribution >= 0.6 is 0 Å². The molecule has 10 N–H and O–H groups in total. The van der Waals surface area contributed by atoms with Gasteiger partial charge in [0, 0.05) is 161 Å². The second-order valence-electron chi connectivity index (χ2n) is 37.0. The third kappa shape index (κ3) is 33.7. The molecule has 0 atom stereocenters. The van der Waals surface area contributed by atoms with Gasteiger partial charge >= 0.3 is 0 Å². The number of allylic oxidation sites excluding steroid dienone is 4. The molecule has 2 aliphatic heterocycles. The van der Waals surface area contributed by atoms with Crippen molar-refractivity contribution in [1.82, 2.24) is 42.5 Å². The van der Waals surface area contributed by atoms with Crippen molar-refractivity contribution in [1.29, 1.82) is 0 Å². The Morgan fingerprint density at radius 3 is 0.881 bits per heavy atom. The first-order valence-electron chi connectivity index (χ1n) is 51.6. The van der Waals surface area contributed by atoms with Crippen molar-refractivity contribution in [2.24, 2.45) is 0 Å². The molecule has 0 aliphatic carbocycles. The number of hydrogen-bond acceptors (Lipinski definition) is 21. The van der Waals surface area contributed by atoms with Gasteiger partial charge in [-0.1, -0.05) is 103 Å². The number of carbonyl (C=O) groups excluding carboxylic acids is 8. The van der Waals surface area contributed by atoms with Gasteiger partial charge in [0.15, 0.2) is 5.71 Å². The molecule has 8 amide bonds. The molecular weight excluding hydrogens is 1870 g/mol. The van der Waals surface area contributed by atoms with Crippen molar-refractivity contribution in [2.45, 2.75) is 263 Å². The topological polar surface area (TPSA) is 422 Å². The molecule has 143 heavy (non-hydrogen) atoms. The van der Waals surface area contributed by atoms with Crippen LogP contribution in [0.5, 0.6) is 46.0 Å². The van der Waals surface area contributed by atoms with E-state index >= 15 is 19.2 Å². The fourth-order valence-corrected chi connectivity index (χ4v) is 18.3. The smallest absolute Gasteiger partial charge is 0.265 e. The summed E-state index contributed by atoms with van der Waals surface area (Å²) in [5.41, 5.74) is 4.96. The first-order valence-corrected chi connectivity index (χ1v) is 54.8. The van der Waals surface area contributed by atoms with Crippen LogP contribution < -0.4 is 85.3 Å². The number of hydrogen-bond donors (Lipinski definition) is 10. The monoisotopic (exact) mass is 2020 g/mol. The number of carbonyl (C=O) groups is 8. The largest absolute Gasteiger partial charge is 0.493 e. The number of amides is 8. The first-order chi connectivity index (χ1) is 68.6. The van der Waals surface area contributed by atoms with Crippen LogP contribution in [0.1, 0.15) is 343 Å². The predicted molar refractivity (Wildman–Crippen MR) is 561 cm³/mol. The van der Waals surface area contributed by atoms with E-state index in [4.69, 9.17) is 37.9 Å². The molecule has 34 heteroatoms. The Labute approximate surface area is 847 Å². The van der Waals surface area contributed by atoms with Crippen LogP contribution in [0.15, 0.2) is 96.7 Å². The SMILES string of the molecule is CCCNC(=O)c1cc(OCCC)c(CCCNC(=O)c2cc(C(=O)NCCCc3c(OCCC)cc(C(=O)NCCC)cc3OCCC)c3c(c2)N(CCCS(=O)(=O)O)/C(=C/C=C/C2=[N+](CCCS(=O)(=O)O)c4cc(C(=O)NCCCc5c(OCCC)cc(C(=O)NCCC)cc5OCCC)cc(C(=O)NCCCc5c(OCCC)cc(C(=O)NCCC)cc5OCCC)c4C2(C)C)C3(C)C)c(OCCC)c1. The molecule has 0 radical (unpaired) electrons. The van der Waals surface area contributed by atoms with Crippen molar-refractivity contribution in [3.8, 4) is 46.0 Å². The maximum atomic E-state index is 15.7. The highest BCUT2D eigenvalue weighted by Crippen LogP contribution is 2.51. The van der Waals surface area contributed by atoms with Crippen molar-refractivity contribution in [2.75, 3.05) is 135 Å². The Kier molecular flexibility index (Phi) is 47.5. The Morgan fingerprint density at radius 2 is 0.594 bits per heavy atom. The number of anilines is 1. The highest BCUT2D eigenvalue weighted by atomic mass is 32.2. The standard InChI is InChI=1S/C109H156N10O22S2/c1-17-42-110-102(122)76-66-88(134-52-21-5)80(89(67-76)135-53-22-6)36-30-46-114-100(120)74-62-84(106(126)116-48-32-38-82-92(138-56-25-9)70-78(104(124)112-44-19-3)71-93(82)139-57-26-10)98-86(64-74)118(50-34-60-142(128,129)130)96(108(98,13)14)40-29-41-97-109(15,16)99-85(107(127)117-49-33-39-83-94(140-58-27-11)72-79(105(125)113-45-20-4)73-95(83)141-59-28-12)63-75(65-87(99)119(97)51-35-61-143(131,132)133)101(121)115-47-31-37-81-90(136-54-23-7)68-77(103(123)111-43-18-2)69-91(81)137-55-24-8/h29,40-41,62-73H,17-28,30-39,42-61H2,1-16H3,(H9-,110,111,112,113,114,115,116,117,120,121,122,123,124,125,126,127,128,129,130,131,132,133)/p+1. The van der Waals surface area contributed by atoms with Gasteiger partial charge in [0.05, 0.1) is 80.9 Å². The average Bonchev–Trinajstić information content (AvgIpc) is 1.57. The van der Waals surface area contributed by atoms with Gasteiger partial charge < -0.3 is 85.3 Å². The summed E-state index contributed by atoms with van der Waals surface area (Å²) >= 11 is 0. The summed E-state index contributed by atoms with van der Waals surface area (Å²) < 4.78 is 125. The highest BCUT2D eigenvalue weighted by molar-refractivity contribution is 7.86. The van der Waals surface area contributed by atoms with Gasteiger partial charge in [0.2, 0.25) is 5.69 Å². The van der Waals surface area contributed by atoms with Crippen molar-refractivity contribution in [3.63, 3.8) is 0 Å². The van der Waals surface area contributed by atoms with Gasteiger partial charge in [-0.3, -0.25) is 47.5 Å². The quantitative estimate of drug-likeness (QED) is 0.00963.